The first kappa shape index (κ1) is 12.2. The molecule has 0 aromatic heterocycles. The minimum Gasteiger partial charge on any atom is -0.450 e. The summed E-state index contributed by atoms with van der Waals surface area (Å²) in [6, 6.07) is 8.24. The SMILES string of the molecule is CCOC(=O)N[C@@H](C)C(=O)c1ccccc1. The van der Waals surface area contributed by atoms with Crippen molar-refractivity contribution in [1.82, 2.24) is 5.32 Å². The number of rotatable bonds is 4. The van der Waals surface area contributed by atoms with E-state index in [1.807, 2.05) is 6.07 Å². The minimum atomic E-state index is -0.582. The van der Waals surface area contributed by atoms with Gasteiger partial charge in [-0.25, -0.2) is 4.79 Å². The third-order valence-corrected chi connectivity index (χ3v) is 2.06. The van der Waals surface area contributed by atoms with Gasteiger partial charge in [0.15, 0.2) is 5.78 Å². The number of hydrogen-bond donors (Lipinski definition) is 1. The highest BCUT2D eigenvalue weighted by molar-refractivity contribution is 6.01. The van der Waals surface area contributed by atoms with Gasteiger partial charge in [0.2, 0.25) is 0 Å². The Morgan fingerprint density at radius 2 is 1.94 bits per heavy atom. The van der Waals surface area contributed by atoms with Crippen LogP contribution in [-0.2, 0) is 4.74 Å². The number of carbonyl (C=O) groups is 2. The summed E-state index contributed by atoms with van der Waals surface area (Å²) in [5.74, 6) is -0.131. The van der Waals surface area contributed by atoms with E-state index in [2.05, 4.69) is 5.32 Å². The van der Waals surface area contributed by atoms with Gasteiger partial charge in [-0.2, -0.15) is 0 Å². The van der Waals surface area contributed by atoms with Crippen molar-refractivity contribution in [2.45, 2.75) is 19.9 Å². The number of amides is 1. The zero-order valence-corrected chi connectivity index (χ0v) is 9.40. The van der Waals surface area contributed by atoms with Crippen molar-refractivity contribution in [3.63, 3.8) is 0 Å². The summed E-state index contributed by atoms with van der Waals surface area (Å²) in [5, 5.41) is 2.47. The van der Waals surface area contributed by atoms with Crippen molar-refractivity contribution >= 4 is 11.9 Å². The number of alkyl carbamates (subject to hydrolysis) is 1. The monoisotopic (exact) mass is 221 g/mol. The van der Waals surface area contributed by atoms with Crippen molar-refractivity contribution in [1.29, 1.82) is 0 Å². The first-order chi connectivity index (χ1) is 7.65. The van der Waals surface area contributed by atoms with Gasteiger partial charge in [-0.15, -0.1) is 0 Å². The fourth-order valence-electron chi connectivity index (χ4n) is 1.27. The van der Waals surface area contributed by atoms with Crippen molar-refractivity contribution in [3.05, 3.63) is 35.9 Å². The van der Waals surface area contributed by atoms with Crippen molar-refractivity contribution in [2.24, 2.45) is 0 Å². The van der Waals surface area contributed by atoms with E-state index in [0.717, 1.165) is 0 Å². The molecule has 0 saturated heterocycles. The molecule has 1 atom stereocenters. The molecular formula is C12H15NO3. The Morgan fingerprint density at radius 3 is 2.50 bits per heavy atom. The highest BCUT2D eigenvalue weighted by atomic mass is 16.5. The largest absolute Gasteiger partial charge is 0.450 e. The Kier molecular flexibility index (Phi) is 4.51. The molecule has 1 aromatic rings. The van der Waals surface area contributed by atoms with Gasteiger partial charge in [0.25, 0.3) is 0 Å². The lowest BCUT2D eigenvalue weighted by Gasteiger charge is -2.12. The smallest absolute Gasteiger partial charge is 0.407 e. The molecule has 1 amide bonds. The molecule has 0 aliphatic heterocycles. The van der Waals surface area contributed by atoms with Crippen molar-refractivity contribution in [2.75, 3.05) is 6.61 Å². The lowest BCUT2D eigenvalue weighted by atomic mass is 10.1. The molecule has 0 radical (unpaired) electrons. The summed E-state index contributed by atoms with van der Waals surface area (Å²) in [5.41, 5.74) is 0.576. The Bertz CT molecular complexity index is 362. The predicted octanol–water partition coefficient (Wildman–Crippen LogP) is 2.00. The summed E-state index contributed by atoms with van der Waals surface area (Å²) in [4.78, 5) is 22.9. The highest BCUT2D eigenvalue weighted by Gasteiger charge is 2.17. The number of hydrogen-bond acceptors (Lipinski definition) is 3. The number of nitrogens with one attached hydrogen (secondary N) is 1. The van der Waals surface area contributed by atoms with Crippen LogP contribution in [0.4, 0.5) is 4.79 Å². The lowest BCUT2D eigenvalue weighted by Crippen LogP contribution is -2.38. The van der Waals surface area contributed by atoms with E-state index in [-0.39, 0.29) is 12.4 Å². The first-order valence-electron chi connectivity index (χ1n) is 5.17. The second kappa shape index (κ2) is 5.90. The molecule has 0 heterocycles. The predicted molar refractivity (Wildman–Crippen MR) is 60.4 cm³/mol. The molecule has 0 saturated carbocycles. The van der Waals surface area contributed by atoms with Crippen molar-refractivity contribution in [3.8, 4) is 0 Å². The number of Topliss-reactive ketones (excluding diaryl/α,β-unsaturated/α-hetero) is 1. The van der Waals surface area contributed by atoms with E-state index >= 15 is 0 Å². The van der Waals surface area contributed by atoms with Gasteiger partial charge >= 0.3 is 6.09 Å². The molecule has 1 N–H and O–H groups in total. The van der Waals surface area contributed by atoms with E-state index in [4.69, 9.17) is 4.74 Å². The first-order valence-corrected chi connectivity index (χ1v) is 5.17. The van der Waals surface area contributed by atoms with Crippen LogP contribution in [0.25, 0.3) is 0 Å². The Balaban J connectivity index is 2.58. The van der Waals surface area contributed by atoms with Crippen LogP contribution in [0.5, 0.6) is 0 Å². The molecular weight excluding hydrogens is 206 g/mol. The van der Waals surface area contributed by atoms with Gasteiger partial charge < -0.3 is 10.1 Å². The van der Waals surface area contributed by atoms with E-state index in [0.29, 0.717) is 5.56 Å². The van der Waals surface area contributed by atoms with Crippen LogP contribution in [0.1, 0.15) is 24.2 Å². The molecule has 0 fully saturated rings. The quantitative estimate of drug-likeness (QED) is 0.791. The van der Waals surface area contributed by atoms with Crippen LogP contribution in [0.2, 0.25) is 0 Å². The summed E-state index contributed by atoms with van der Waals surface area (Å²) < 4.78 is 4.70. The molecule has 86 valence electrons. The second-order valence-corrected chi connectivity index (χ2v) is 3.32. The third kappa shape index (κ3) is 3.38. The lowest BCUT2D eigenvalue weighted by molar-refractivity contribution is 0.0933. The van der Waals surface area contributed by atoms with Crippen LogP contribution >= 0.6 is 0 Å². The van der Waals surface area contributed by atoms with Gasteiger partial charge in [-0.3, -0.25) is 4.79 Å². The van der Waals surface area contributed by atoms with Gasteiger partial charge in [0.1, 0.15) is 0 Å². The summed E-state index contributed by atoms with van der Waals surface area (Å²) in [6.07, 6.45) is -0.570. The standard InChI is InChI=1S/C12H15NO3/c1-3-16-12(15)13-9(2)11(14)10-7-5-4-6-8-10/h4-9H,3H2,1-2H3,(H,13,15)/t9-/m0/s1. The van der Waals surface area contributed by atoms with Crippen LogP contribution in [0, 0.1) is 0 Å². The fourth-order valence-corrected chi connectivity index (χ4v) is 1.27. The molecule has 0 bridgehead atoms. The van der Waals surface area contributed by atoms with Crippen LogP contribution in [-0.4, -0.2) is 24.5 Å². The van der Waals surface area contributed by atoms with Crippen LogP contribution < -0.4 is 5.32 Å². The summed E-state index contributed by atoms with van der Waals surface area (Å²) in [7, 11) is 0. The van der Waals surface area contributed by atoms with Gasteiger partial charge in [-0.05, 0) is 13.8 Å². The maximum absolute atomic E-state index is 11.8. The highest BCUT2D eigenvalue weighted by Crippen LogP contribution is 2.03. The van der Waals surface area contributed by atoms with E-state index in [1.54, 1.807) is 38.1 Å². The molecule has 1 rings (SSSR count). The molecule has 0 aliphatic rings. The molecule has 0 aliphatic carbocycles. The number of ketones is 1. The summed E-state index contributed by atoms with van der Waals surface area (Å²) in [6.45, 7) is 3.63. The number of ether oxygens (including phenoxy) is 1. The molecule has 0 unspecified atom stereocenters. The van der Waals surface area contributed by atoms with Gasteiger partial charge in [0, 0.05) is 5.56 Å². The van der Waals surface area contributed by atoms with Crippen LogP contribution in [0.3, 0.4) is 0 Å². The maximum Gasteiger partial charge on any atom is 0.407 e. The molecule has 16 heavy (non-hydrogen) atoms. The fraction of sp³-hybridized carbons (Fsp3) is 0.333. The zero-order chi connectivity index (χ0) is 12.0. The molecule has 4 heteroatoms. The van der Waals surface area contributed by atoms with E-state index < -0.39 is 12.1 Å². The minimum absolute atomic E-state index is 0.131. The Labute approximate surface area is 94.6 Å². The van der Waals surface area contributed by atoms with Crippen molar-refractivity contribution < 1.29 is 14.3 Å². The number of benzene rings is 1. The molecule has 0 spiro atoms. The average Bonchev–Trinajstić information content (AvgIpc) is 2.29. The number of carbonyl (C=O) groups excluding carboxylic acids is 2. The average molecular weight is 221 g/mol. The van der Waals surface area contributed by atoms with E-state index in [9.17, 15) is 9.59 Å². The second-order valence-electron chi connectivity index (χ2n) is 3.32. The van der Waals surface area contributed by atoms with Crippen LogP contribution in [0.15, 0.2) is 30.3 Å². The Hall–Kier alpha value is -1.84. The van der Waals surface area contributed by atoms with Gasteiger partial charge in [0.05, 0.1) is 12.6 Å². The maximum atomic E-state index is 11.8. The van der Waals surface area contributed by atoms with E-state index in [1.165, 1.54) is 0 Å². The zero-order valence-electron chi connectivity index (χ0n) is 9.40. The van der Waals surface area contributed by atoms with Gasteiger partial charge in [-0.1, -0.05) is 30.3 Å². The molecule has 4 nitrogen and oxygen atoms in total. The topological polar surface area (TPSA) is 55.4 Å². The molecule has 1 aromatic carbocycles. The normalized spacial score (nSPS) is 11.6. The Morgan fingerprint density at radius 1 is 1.31 bits per heavy atom. The third-order valence-electron chi connectivity index (χ3n) is 2.06. The summed E-state index contributed by atoms with van der Waals surface area (Å²) >= 11 is 0.